The Kier molecular flexibility index (Phi) is 1.99. The van der Waals surface area contributed by atoms with Gasteiger partial charge in [-0.25, -0.2) is 9.97 Å². The van der Waals surface area contributed by atoms with Crippen molar-refractivity contribution in [1.82, 2.24) is 14.4 Å². The number of hydrogen-bond acceptors (Lipinski definition) is 2. The van der Waals surface area contributed by atoms with E-state index in [4.69, 9.17) is 0 Å². The van der Waals surface area contributed by atoms with Crippen LogP contribution in [0.25, 0.3) is 5.65 Å². The van der Waals surface area contributed by atoms with Crippen LogP contribution in [0.2, 0.25) is 0 Å². The lowest BCUT2D eigenvalue weighted by Gasteiger charge is -1.98. The summed E-state index contributed by atoms with van der Waals surface area (Å²) in [4.78, 5) is 7.19. The molecule has 74 valence electrons. The first kappa shape index (κ1) is 9.45. The Labute approximate surface area is 84.7 Å². The van der Waals surface area contributed by atoms with Crippen molar-refractivity contribution >= 4 is 21.6 Å². The highest BCUT2D eigenvalue weighted by molar-refractivity contribution is 9.10. The third-order valence-corrected chi connectivity index (χ3v) is 2.04. The first-order valence-corrected chi connectivity index (χ1v) is 4.33. The Morgan fingerprint density at radius 3 is 2.71 bits per heavy atom. The Morgan fingerprint density at radius 2 is 2.07 bits per heavy atom. The second-order valence-electron chi connectivity index (χ2n) is 2.60. The zero-order valence-electron chi connectivity index (χ0n) is 6.59. The Hall–Kier alpha value is -1.11. The van der Waals surface area contributed by atoms with Gasteiger partial charge in [-0.3, -0.25) is 4.40 Å². The molecule has 0 aliphatic rings. The van der Waals surface area contributed by atoms with Gasteiger partial charge in [0.1, 0.15) is 16.6 Å². The van der Waals surface area contributed by atoms with Crippen molar-refractivity contribution in [2.24, 2.45) is 0 Å². The minimum atomic E-state index is -4.42. The molecule has 0 aliphatic heterocycles. The van der Waals surface area contributed by atoms with Crippen LogP contribution in [0, 0.1) is 0 Å². The highest BCUT2D eigenvalue weighted by Crippen LogP contribution is 2.28. The van der Waals surface area contributed by atoms with Gasteiger partial charge in [-0.05, 0) is 15.9 Å². The van der Waals surface area contributed by atoms with Crippen molar-refractivity contribution in [3.8, 4) is 0 Å². The van der Waals surface area contributed by atoms with Gasteiger partial charge in [0, 0.05) is 12.3 Å². The number of fused-ring (bicyclic) bond motifs is 1. The fourth-order valence-corrected chi connectivity index (χ4v) is 1.30. The molecule has 0 bridgehead atoms. The maximum Gasteiger partial charge on any atom is 0.434 e. The average Bonchev–Trinajstić information content (AvgIpc) is 2.45. The maximum atomic E-state index is 12.2. The first-order chi connectivity index (χ1) is 6.47. The van der Waals surface area contributed by atoms with Crippen molar-refractivity contribution < 1.29 is 13.2 Å². The van der Waals surface area contributed by atoms with Crippen molar-refractivity contribution in [1.29, 1.82) is 0 Å². The molecule has 2 rings (SSSR count). The molecular formula is C7H3BrF3N3. The van der Waals surface area contributed by atoms with Gasteiger partial charge in [0.25, 0.3) is 0 Å². The minimum absolute atomic E-state index is 0.208. The number of halogens is 4. The predicted octanol–water partition coefficient (Wildman–Crippen LogP) is 2.51. The van der Waals surface area contributed by atoms with E-state index in [0.717, 1.165) is 6.20 Å². The zero-order valence-corrected chi connectivity index (χ0v) is 8.17. The molecule has 14 heavy (non-hydrogen) atoms. The van der Waals surface area contributed by atoms with Crippen molar-refractivity contribution in [2.45, 2.75) is 6.18 Å². The maximum absolute atomic E-state index is 12.2. The van der Waals surface area contributed by atoms with Crippen molar-refractivity contribution in [3.05, 3.63) is 28.9 Å². The molecule has 0 spiro atoms. The van der Waals surface area contributed by atoms with Crippen LogP contribution in [0.3, 0.4) is 0 Å². The molecule has 0 saturated heterocycles. The molecule has 2 aromatic rings. The Morgan fingerprint density at radius 1 is 1.36 bits per heavy atom. The largest absolute Gasteiger partial charge is 0.434 e. The third-order valence-electron chi connectivity index (χ3n) is 1.61. The van der Waals surface area contributed by atoms with E-state index in [9.17, 15) is 13.2 Å². The summed E-state index contributed by atoms with van der Waals surface area (Å²) in [7, 11) is 0. The Balaban J connectivity index is 2.63. The van der Waals surface area contributed by atoms with Gasteiger partial charge in [0.15, 0.2) is 5.69 Å². The van der Waals surface area contributed by atoms with Crippen LogP contribution < -0.4 is 0 Å². The van der Waals surface area contributed by atoms with Gasteiger partial charge < -0.3 is 0 Å². The monoisotopic (exact) mass is 265 g/mol. The van der Waals surface area contributed by atoms with Gasteiger partial charge in [-0.1, -0.05) is 0 Å². The number of nitrogens with zero attached hydrogens (tertiary/aromatic N) is 3. The summed E-state index contributed by atoms with van der Waals surface area (Å²) in [5.74, 6) is 0. The third kappa shape index (κ3) is 1.59. The minimum Gasteiger partial charge on any atom is -0.290 e. The normalized spacial score (nSPS) is 12.3. The van der Waals surface area contributed by atoms with Gasteiger partial charge in [-0.2, -0.15) is 13.2 Å². The van der Waals surface area contributed by atoms with Crippen LogP contribution in [-0.2, 0) is 6.18 Å². The van der Waals surface area contributed by atoms with Crippen molar-refractivity contribution in [2.75, 3.05) is 0 Å². The summed E-state index contributed by atoms with van der Waals surface area (Å²) in [5.41, 5.74) is -0.711. The molecule has 3 nitrogen and oxygen atoms in total. The van der Waals surface area contributed by atoms with Crippen LogP contribution >= 0.6 is 15.9 Å². The van der Waals surface area contributed by atoms with Crippen LogP contribution in [0.4, 0.5) is 13.2 Å². The highest BCUT2D eigenvalue weighted by atomic mass is 79.9. The summed E-state index contributed by atoms with van der Waals surface area (Å²) >= 11 is 3.05. The van der Waals surface area contributed by atoms with E-state index in [2.05, 4.69) is 25.9 Å². The van der Waals surface area contributed by atoms with E-state index in [0.29, 0.717) is 4.60 Å². The lowest BCUT2D eigenvalue weighted by molar-refractivity contribution is -0.140. The van der Waals surface area contributed by atoms with Crippen LogP contribution in [-0.4, -0.2) is 14.4 Å². The van der Waals surface area contributed by atoms with Gasteiger partial charge in [0.05, 0.1) is 0 Å². The van der Waals surface area contributed by atoms with Gasteiger partial charge >= 0.3 is 6.18 Å². The molecule has 0 atom stereocenters. The van der Waals surface area contributed by atoms with Gasteiger partial charge in [-0.15, -0.1) is 0 Å². The summed E-state index contributed by atoms with van der Waals surface area (Å²) in [6, 6.07) is 1.41. The topological polar surface area (TPSA) is 30.2 Å². The summed E-state index contributed by atoms with van der Waals surface area (Å²) in [5, 5.41) is 0. The molecule has 0 N–H and O–H groups in total. The smallest absolute Gasteiger partial charge is 0.290 e. The molecule has 0 radical (unpaired) electrons. The Bertz CT molecular complexity index is 476. The second kappa shape index (κ2) is 2.94. The molecule has 0 aliphatic carbocycles. The molecule has 0 amide bonds. The quantitative estimate of drug-likeness (QED) is 0.686. The lowest BCUT2D eigenvalue weighted by atomic mass is 10.5. The number of alkyl halides is 3. The molecule has 0 aromatic carbocycles. The van der Waals surface area contributed by atoms with E-state index in [1.54, 1.807) is 0 Å². The van der Waals surface area contributed by atoms with E-state index < -0.39 is 11.9 Å². The SMILES string of the molecule is FC(F)(F)c1cn2cnc(Br)cc2n1. The van der Waals surface area contributed by atoms with Crippen LogP contribution in [0.1, 0.15) is 5.69 Å². The molecule has 7 heteroatoms. The zero-order chi connectivity index (χ0) is 10.3. The summed E-state index contributed by atoms with van der Waals surface area (Å²) in [6.07, 6.45) is -2.26. The fourth-order valence-electron chi connectivity index (χ4n) is 1.00. The first-order valence-electron chi connectivity index (χ1n) is 3.54. The molecule has 2 heterocycles. The molecular weight excluding hydrogens is 263 g/mol. The van der Waals surface area contributed by atoms with Gasteiger partial charge in [0.2, 0.25) is 0 Å². The average molecular weight is 266 g/mol. The summed E-state index contributed by atoms with van der Waals surface area (Å²) in [6.45, 7) is 0. The highest BCUT2D eigenvalue weighted by Gasteiger charge is 2.33. The van der Waals surface area contributed by atoms with E-state index in [1.807, 2.05) is 0 Å². The van der Waals surface area contributed by atoms with E-state index >= 15 is 0 Å². The predicted molar refractivity (Wildman–Crippen MR) is 45.7 cm³/mol. The number of imidazole rings is 1. The van der Waals surface area contributed by atoms with Crippen LogP contribution in [0.15, 0.2) is 23.2 Å². The second-order valence-corrected chi connectivity index (χ2v) is 3.41. The number of rotatable bonds is 0. The standard InChI is InChI=1S/C7H3BrF3N3/c8-5-1-6-13-4(7(9,10)11)2-14(6)3-12-5/h1-3H. The summed E-state index contributed by atoms with van der Waals surface area (Å²) < 4.78 is 38.3. The van der Waals surface area contributed by atoms with E-state index in [-0.39, 0.29) is 5.65 Å². The molecule has 2 aromatic heterocycles. The number of aromatic nitrogens is 3. The van der Waals surface area contributed by atoms with Crippen molar-refractivity contribution in [3.63, 3.8) is 0 Å². The molecule has 0 unspecified atom stereocenters. The fraction of sp³-hybridized carbons (Fsp3) is 0.143. The lowest BCUT2D eigenvalue weighted by Crippen LogP contribution is -2.04. The number of hydrogen-bond donors (Lipinski definition) is 0. The molecule has 0 fully saturated rings. The van der Waals surface area contributed by atoms with E-state index in [1.165, 1.54) is 16.8 Å². The molecule has 0 saturated carbocycles. The van der Waals surface area contributed by atoms with Crippen LogP contribution in [0.5, 0.6) is 0 Å².